The Kier molecular flexibility index (Phi) is 12.8. The SMILES string of the molecule is COc1ccc([C@H](Cc2c(Cl)c[n+]([O-])cc2Cl)c2cc(CN(C3COC3)C(C(=O)OCC3CCN(C)CC3)c3ccccc3)sc2C(=O)O)cc1OC. The molecule has 0 bridgehead atoms. The van der Waals surface area contributed by atoms with Gasteiger partial charge in [0.1, 0.15) is 21.0 Å². The van der Waals surface area contributed by atoms with Gasteiger partial charge in [-0.1, -0.05) is 59.6 Å². The van der Waals surface area contributed by atoms with Gasteiger partial charge in [-0.15, -0.1) is 11.3 Å². The van der Waals surface area contributed by atoms with E-state index in [0.29, 0.717) is 53.1 Å². The lowest BCUT2D eigenvalue weighted by Gasteiger charge is -2.41. The summed E-state index contributed by atoms with van der Waals surface area (Å²) in [5.41, 5.74) is 2.54. The maximum atomic E-state index is 14.1. The van der Waals surface area contributed by atoms with Crippen LogP contribution in [0.5, 0.6) is 11.5 Å². The number of aromatic nitrogens is 1. The molecule has 0 radical (unpaired) electrons. The van der Waals surface area contributed by atoms with Crippen molar-refractivity contribution in [3.63, 3.8) is 0 Å². The number of halogens is 2. The first-order chi connectivity index (χ1) is 25.6. The van der Waals surface area contributed by atoms with Crippen LogP contribution in [0.3, 0.4) is 0 Å². The number of pyridine rings is 1. The van der Waals surface area contributed by atoms with Crippen LogP contribution in [0.1, 0.15) is 61.6 Å². The third kappa shape index (κ3) is 9.08. The van der Waals surface area contributed by atoms with E-state index < -0.39 is 17.9 Å². The van der Waals surface area contributed by atoms with Gasteiger partial charge >= 0.3 is 11.9 Å². The summed E-state index contributed by atoms with van der Waals surface area (Å²) in [6.07, 6.45) is 4.56. The summed E-state index contributed by atoms with van der Waals surface area (Å²) in [7, 11) is 5.17. The molecule has 2 aromatic carbocycles. The lowest BCUT2D eigenvalue weighted by molar-refractivity contribution is -0.605. The van der Waals surface area contributed by atoms with Crippen molar-refractivity contribution in [2.45, 2.75) is 43.8 Å². The first-order valence-electron chi connectivity index (χ1n) is 17.4. The van der Waals surface area contributed by atoms with Gasteiger partial charge < -0.3 is 34.2 Å². The van der Waals surface area contributed by atoms with Gasteiger partial charge in [0, 0.05) is 22.9 Å². The molecule has 1 unspecified atom stereocenters. The fourth-order valence-electron chi connectivity index (χ4n) is 7.00. The summed E-state index contributed by atoms with van der Waals surface area (Å²) < 4.78 is 23.3. The molecular formula is C39H43Cl2N3O8S. The van der Waals surface area contributed by atoms with Crippen LogP contribution in [-0.4, -0.2) is 87.1 Å². The number of carbonyl (C=O) groups excluding carboxylic acids is 1. The molecule has 0 amide bonds. The zero-order valence-electron chi connectivity index (χ0n) is 29.8. The van der Waals surface area contributed by atoms with Crippen molar-refractivity contribution in [3.8, 4) is 11.5 Å². The number of thiophene rings is 1. The van der Waals surface area contributed by atoms with Crippen molar-refractivity contribution in [1.82, 2.24) is 9.80 Å². The van der Waals surface area contributed by atoms with Crippen LogP contribution in [0.4, 0.5) is 0 Å². The van der Waals surface area contributed by atoms with E-state index in [1.165, 1.54) is 26.6 Å². The second-order valence-electron chi connectivity index (χ2n) is 13.5. The number of nitrogens with zero attached hydrogens (tertiary/aromatic N) is 3. The zero-order chi connectivity index (χ0) is 37.6. The van der Waals surface area contributed by atoms with Gasteiger partial charge in [0.2, 0.25) is 0 Å². The monoisotopic (exact) mass is 783 g/mol. The molecule has 2 atom stereocenters. The number of carboxylic acid groups (broad SMARTS) is 1. The summed E-state index contributed by atoms with van der Waals surface area (Å²) in [6.45, 7) is 3.40. The highest BCUT2D eigenvalue weighted by atomic mass is 35.5. The van der Waals surface area contributed by atoms with Gasteiger partial charge in [0.05, 0.1) is 40.1 Å². The van der Waals surface area contributed by atoms with E-state index in [1.54, 1.807) is 12.1 Å². The van der Waals surface area contributed by atoms with Crippen LogP contribution in [0, 0.1) is 11.1 Å². The van der Waals surface area contributed by atoms with E-state index in [-0.39, 0.29) is 39.9 Å². The molecule has 11 nitrogen and oxygen atoms in total. The van der Waals surface area contributed by atoms with Crippen molar-refractivity contribution >= 4 is 46.5 Å². The molecule has 6 rings (SSSR count). The Balaban J connectivity index is 1.38. The van der Waals surface area contributed by atoms with Gasteiger partial charge in [-0.2, -0.15) is 4.73 Å². The molecule has 2 aromatic heterocycles. The first kappa shape index (κ1) is 38.8. The van der Waals surface area contributed by atoms with Gasteiger partial charge in [-0.05, 0) is 80.2 Å². The molecule has 4 heterocycles. The summed E-state index contributed by atoms with van der Waals surface area (Å²) in [5, 5.41) is 23.0. The zero-order valence-corrected chi connectivity index (χ0v) is 32.2. The number of methoxy groups -OCH3 is 2. The number of hydrogen-bond donors (Lipinski definition) is 1. The minimum absolute atomic E-state index is 0.0997. The number of rotatable bonds is 15. The van der Waals surface area contributed by atoms with Gasteiger partial charge in [-0.3, -0.25) is 4.90 Å². The van der Waals surface area contributed by atoms with Crippen LogP contribution in [0.25, 0.3) is 0 Å². The Morgan fingerprint density at radius 3 is 2.30 bits per heavy atom. The standard InChI is InChI=1S/C39H43Cl2N3O8S/c1-42-13-11-24(12-14-42)21-52-39(47)36(25-7-5-4-6-8-25)44(27-22-51-23-27)18-28-16-30(37(53-28)38(45)46)29(17-31-32(40)19-43(48)20-33(31)41)26-9-10-34(49-2)35(15-26)50-3/h4-10,15-16,19-20,24,27,29,36H,11-14,17-18,21-23H2,1-3H3,(H,45,46)/t29-,36?/m0/s1. The average Bonchev–Trinajstić information content (AvgIpc) is 3.54. The minimum Gasteiger partial charge on any atom is -0.619 e. The fourth-order valence-corrected chi connectivity index (χ4v) is 8.67. The highest BCUT2D eigenvalue weighted by Gasteiger charge is 2.39. The van der Waals surface area contributed by atoms with Crippen LogP contribution in [0.15, 0.2) is 67.0 Å². The molecule has 0 aliphatic carbocycles. The number of carbonyl (C=O) groups is 2. The molecular weight excluding hydrogens is 741 g/mol. The van der Waals surface area contributed by atoms with Gasteiger partial charge in [0.25, 0.3) is 0 Å². The van der Waals surface area contributed by atoms with E-state index >= 15 is 0 Å². The summed E-state index contributed by atoms with van der Waals surface area (Å²) in [4.78, 5) is 32.3. The third-order valence-electron chi connectivity index (χ3n) is 10.1. The second kappa shape index (κ2) is 17.5. The van der Waals surface area contributed by atoms with Crippen molar-refractivity contribution in [3.05, 3.63) is 114 Å². The number of likely N-dealkylation sites (tertiary alicyclic amines) is 1. The van der Waals surface area contributed by atoms with Crippen LogP contribution < -0.4 is 14.2 Å². The molecule has 14 heteroatoms. The normalized spacial score (nSPS) is 16.6. The van der Waals surface area contributed by atoms with Crippen LogP contribution in [0.2, 0.25) is 10.0 Å². The Morgan fingerprint density at radius 1 is 1.02 bits per heavy atom. The van der Waals surface area contributed by atoms with E-state index in [1.807, 2.05) is 42.5 Å². The first-order valence-corrected chi connectivity index (χ1v) is 19.0. The predicted octanol–water partition coefficient (Wildman–Crippen LogP) is 6.61. The maximum Gasteiger partial charge on any atom is 0.346 e. The molecule has 2 aliphatic heterocycles. The Hall–Kier alpha value is -3.91. The van der Waals surface area contributed by atoms with Crippen molar-refractivity contribution < 1.29 is 38.4 Å². The Labute approximate surface area is 323 Å². The number of ether oxygens (including phenoxy) is 4. The molecule has 282 valence electrons. The van der Waals surface area contributed by atoms with E-state index in [0.717, 1.165) is 53.3 Å². The molecule has 2 fully saturated rings. The average molecular weight is 785 g/mol. The summed E-state index contributed by atoms with van der Waals surface area (Å²) in [5.74, 6) is -0.747. The molecule has 2 aliphatic rings. The van der Waals surface area contributed by atoms with Crippen LogP contribution >= 0.6 is 34.5 Å². The number of piperidine rings is 1. The largest absolute Gasteiger partial charge is 0.619 e. The highest BCUT2D eigenvalue weighted by molar-refractivity contribution is 7.14. The van der Waals surface area contributed by atoms with Crippen LogP contribution in [-0.2, 0) is 27.2 Å². The second-order valence-corrected chi connectivity index (χ2v) is 15.5. The number of esters is 1. The molecule has 0 spiro atoms. The van der Waals surface area contributed by atoms with Crippen molar-refractivity contribution in [2.24, 2.45) is 5.92 Å². The summed E-state index contributed by atoms with van der Waals surface area (Å²) >= 11 is 14.3. The van der Waals surface area contributed by atoms with E-state index in [9.17, 15) is 19.9 Å². The number of carboxylic acids is 1. The number of benzene rings is 2. The maximum absolute atomic E-state index is 14.1. The van der Waals surface area contributed by atoms with Crippen molar-refractivity contribution in [2.75, 3.05) is 54.2 Å². The van der Waals surface area contributed by atoms with E-state index in [4.69, 9.17) is 42.1 Å². The Bertz CT molecular complexity index is 1880. The number of hydrogen-bond acceptors (Lipinski definition) is 10. The molecule has 1 N–H and O–H groups in total. The summed E-state index contributed by atoms with van der Waals surface area (Å²) in [6, 6.07) is 16.0. The van der Waals surface area contributed by atoms with Crippen molar-refractivity contribution in [1.29, 1.82) is 0 Å². The quantitative estimate of drug-likeness (QED) is 0.0801. The fraction of sp³-hybridized carbons (Fsp3) is 0.410. The highest BCUT2D eigenvalue weighted by Crippen LogP contribution is 2.42. The topological polar surface area (TPSA) is 125 Å². The minimum atomic E-state index is -1.10. The number of aromatic carboxylic acids is 1. The Morgan fingerprint density at radius 2 is 1.70 bits per heavy atom. The molecule has 0 saturated carbocycles. The molecule has 4 aromatic rings. The lowest BCUT2D eigenvalue weighted by Crippen LogP contribution is -2.52. The smallest absolute Gasteiger partial charge is 0.346 e. The van der Waals surface area contributed by atoms with Gasteiger partial charge in [-0.25, -0.2) is 9.59 Å². The lowest BCUT2D eigenvalue weighted by atomic mass is 9.85. The van der Waals surface area contributed by atoms with Gasteiger partial charge in [0.15, 0.2) is 23.9 Å². The van der Waals surface area contributed by atoms with E-state index in [2.05, 4.69) is 16.8 Å². The predicted molar refractivity (Wildman–Crippen MR) is 202 cm³/mol. The third-order valence-corrected chi connectivity index (χ3v) is 11.8. The molecule has 53 heavy (non-hydrogen) atoms. The molecule has 2 saturated heterocycles.